The van der Waals surface area contributed by atoms with Gasteiger partial charge in [0.25, 0.3) is 17.4 Å². The number of pyridine rings is 1. The van der Waals surface area contributed by atoms with Crippen molar-refractivity contribution in [1.29, 1.82) is 0 Å². The molecule has 0 radical (unpaired) electrons. The van der Waals surface area contributed by atoms with Crippen LogP contribution in [-0.4, -0.2) is 83.4 Å². The van der Waals surface area contributed by atoms with Gasteiger partial charge in [0.15, 0.2) is 11.5 Å². The number of methoxy groups -OCH3 is 3. The second-order valence-electron chi connectivity index (χ2n) is 11.8. The maximum atomic E-state index is 13.4. The molecule has 1 unspecified atom stereocenters. The third-order valence-electron chi connectivity index (χ3n) is 9.10. The fourth-order valence-electron chi connectivity index (χ4n) is 6.54. The standard InChI is InChI=1S/C34H39N5O8/c1-5-18-6-8-19(9-7-18)39-33(42)21-14-24-25(15-22(21)34(39)43)38-31(37-24)28-23(12-13-35-32(28)41)36-16-20(40)17-47-27-11-10-26(44-2)29(45-3)30(27)46-4/h10-15,18-20,40H,5-9,16-17H2,1-4H3,(H,37,38)(H2,35,36,41). The number of nitrogens with zero attached hydrogens (tertiary/aromatic N) is 2. The average molecular weight is 646 g/mol. The molecule has 1 aliphatic carbocycles. The zero-order valence-corrected chi connectivity index (χ0v) is 26.8. The minimum absolute atomic E-state index is 0.0413. The first-order valence-corrected chi connectivity index (χ1v) is 15.7. The van der Waals surface area contributed by atoms with Crippen LogP contribution in [0.3, 0.4) is 0 Å². The van der Waals surface area contributed by atoms with Gasteiger partial charge in [0, 0.05) is 18.8 Å². The average Bonchev–Trinajstić information content (AvgIpc) is 3.61. The third kappa shape index (κ3) is 5.98. The quantitative estimate of drug-likeness (QED) is 0.163. The fourth-order valence-corrected chi connectivity index (χ4v) is 6.54. The van der Waals surface area contributed by atoms with Crippen LogP contribution < -0.4 is 29.8 Å². The van der Waals surface area contributed by atoms with Gasteiger partial charge in [0.2, 0.25) is 11.5 Å². The van der Waals surface area contributed by atoms with E-state index in [0.717, 1.165) is 32.1 Å². The van der Waals surface area contributed by atoms with Crippen LogP contribution in [0.4, 0.5) is 5.69 Å². The van der Waals surface area contributed by atoms with Crippen LogP contribution in [0.1, 0.15) is 59.7 Å². The van der Waals surface area contributed by atoms with E-state index < -0.39 is 11.7 Å². The zero-order chi connectivity index (χ0) is 33.2. The van der Waals surface area contributed by atoms with Gasteiger partial charge >= 0.3 is 0 Å². The number of benzene rings is 2. The van der Waals surface area contributed by atoms with E-state index in [2.05, 4.69) is 27.2 Å². The van der Waals surface area contributed by atoms with E-state index in [0.29, 0.717) is 56.8 Å². The van der Waals surface area contributed by atoms with E-state index in [1.165, 1.54) is 32.4 Å². The van der Waals surface area contributed by atoms with Gasteiger partial charge in [-0.3, -0.25) is 19.3 Å². The van der Waals surface area contributed by atoms with Crippen molar-refractivity contribution in [2.24, 2.45) is 5.92 Å². The molecule has 3 heterocycles. The Morgan fingerprint density at radius 3 is 2.32 bits per heavy atom. The Morgan fingerprint density at radius 1 is 0.957 bits per heavy atom. The minimum atomic E-state index is -0.976. The lowest BCUT2D eigenvalue weighted by atomic mass is 9.84. The lowest BCUT2D eigenvalue weighted by molar-refractivity contribution is 0.0529. The number of aromatic amines is 2. The van der Waals surface area contributed by atoms with Gasteiger partial charge in [-0.2, -0.15) is 0 Å². The van der Waals surface area contributed by atoms with Crippen LogP contribution in [0.5, 0.6) is 23.0 Å². The lowest BCUT2D eigenvalue weighted by Gasteiger charge is -2.33. The van der Waals surface area contributed by atoms with Crippen molar-refractivity contribution in [1.82, 2.24) is 19.9 Å². The fraction of sp³-hybridized carbons (Fsp3) is 0.412. The van der Waals surface area contributed by atoms with Crippen molar-refractivity contribution in [2.75, 3.05) is 39.8 Å². The Labute approximate surface area is 271 Å². The highest BCUT2D eigenvalue weighted by Crippen LogP contribution is 2.44. The molecule has 1 fully saturated rings. The number of hydrogen-bond acceptors (Lipinski definition) is 10. The number of nitrogens with one attached hydrogen (secondary N) is 3. The van der Waals surface area contributed by atoms with Crippen molar-refractivity contribution in [3.63, 3.8) is 0 Å². The molecule has 0 spiro atoms. The van der Waals surface area contributed by atoms with E-state index >= 15 is 0 Å². The molecular weight excluding hydrogens is 606 g/mol. The van der Waals surface area contributed by atoms with Gasteiger partial charge in [0.05, 0.1) is 49.2 Å². The molecule has 1 aliphatic heterocycles. The largest absolute Gasteiger partial charge is 0.493 e. The number of H-pyrrole nitrogens is 2. The number of aliphatic hydroxyl groups is 1. The first kappa shape index (κ1) is 31.9. The number of anilines is 1. The highest BCUT2D eigenvalue weighted by Gasteiger charge is 2.41. The molecule has 0 bridgehead atoms. The van der Waals surface area contributed by atoms with E-state index in [4.69, 9.17) is 18.9 Å². The molecule has 2 aliphatic rings. The first-order valence-electron chi connectivity index (χ1n) is 15.7. The van der Waals surface area contributed by atoms with Gasteiger partial charge in [0.1, 0.15) is 24.1 Å². The maximum Gasteiger partial charge on any atom is 0.261 e. The highest BCUT2D eigenvalue weighted by atomic mass is 16.5. The minimum Gasteiger partial charge on any atom is -0.493 e. The second-order valence-corrected chi connectivity index (χ2v) is 11.8. The molecule has 47 heavy (non-hydrogen) atoms. The summed E-state index contributed by atoms with van der Waals surface area (Å²) in [6.45, 7) is 2.13. The van der Waals surface area contributed by atoms with E-state index in [1.807, 2.05) is 0 Å². The molecule has 2 aromatic carbocycles. The summed E-state index contributed by atoms with van der Waals surface area (Å²) in [5.74, 6) is 1.85. The van der Waals surface area contributed by atoms with Crippen LogP contribution in [0.25, 0.3) is 22.4 Å². The van der Waals surface area contributed by atoms with Crippen molar-refractivity contribution in [3.05, 3.63) is 58.0 Å². The van der Waals surface area contributed by atoms with Crippen molar-refractivity contribution >= 4 is 28.5 Å². The molecule has 1 atom stereocenters. The Hall–Kier alpha value is -5.04. The van der Waals surface area contributed by atoms with Crippen LogP contribution in [0.15, 0.2) is 41.3 Å². The van der Waals surface area contributed by atoms with Crippen molar-refractivity contribution in [2.45, 2.75) is 51.2 Å². The number of aliphatic hydroxyl groups excluding tert-OH is 1. The molecule has 248 valence electrons. The first-order chi connectivity index (χ1) is 22.8. The number of carbonyl (C=O) groups excluding carboxylic acids is 2. The SMILES string of the molecule is CCC1CCC(N2C(=O)c3cc4nc(-c5c(NCC(O)COc6ccc(OC)c(OC)c6OC)cc[nH]c5=O)[nH]c4cc3C2=O)CC1. The van der Waals surface area contributed by atoms with Crippen molar-refractivity contribution in [3.8, 4) is 34.4 Å². The molecule has 4 aromatic rings. The molecule has 0 saturated heterocycles. The number of rotatable bonds is 12. The Morgan fingerprint density at radius 2 is 1.64 bits per heavy atom. The number of carbonyl (C=O) groups is 2. The smallest absolute Gasteiger partial charge is 0.261 e. The summed E-state index contributed by atoms with van der Waals surface area (Å²) in [5, 5.41) is 13.8. The van der Waals surface area contributed by atoms with Crippen LogP contribution in [0, 0.1) is 5.92 Å². The lowest BCUT2D eigenvalue weighted by Crippen LogP contribution is -2.41. The van der Waals surface area contributed by atoms with Gasteiger partial charge in [-0.25, -0.2) is 4.98 Å². The highest BCUT2D eigenvalue weighted by molar-refractivity contribution is 6.23. The number of imide groups is 1. The monoisotopic (exact) mass is 645 g/mol. The molecule has 1 saturated carbocycles. The van der Waals surface area contributed by atoms with E-state index in [1.54, 1.807) is 30.3 Å². The molecule has 6 rings (SSSR count). The summed E-state index contributed by atoms with van der Waals surface area (Å²) < 4.78 is 21.9. The number of fused-ring (bicyclic) bond motifs is 2. The predicted molar refractivity (Wildman–Crippen MR) is 175 cm³/mol. The van der Waals surface area contributed by atoms with Crippen LogP contribution in [-0.2, 0) is 0 Å². The maximum absolute atomic E-state index is 13.4. The van der Waals surface area contributed by atoms with E-state index in [-0.39, 0.29) is 42.4 Å². The second kappa shape index (κ2) is 13.4. The zero-order valence-electron chi connectivity index (χ0n) is 26.8. The summed E-state index contributed by atoms with van der Waals surface area (Å²) in [4.78, 5) is 51.8. The normalized spacial score (nSPS) is 18.3. The van der Waals surface area contributed by atoms with Gasteiger partial charge in [-0.1, -0.05) is 13.3 Å². The van der Waals surface area contributed by atoms with Gasteiger partial charge < -0.3 is 39.3 Å². The number of imidazole rings is 1. The Balaban J connectivity index is 1.18. The van der Waals surface area contributed by atoms with Gasteiger partial charge in [-0.15, -0.1) is 0 Å². The molecule has 4 N–H and O–H groups in total. The molecule has 2 amide bonds. The summed E-state index contributed by atoms with van der Waals surface area (Å²) in [7, 11) is 4.48. The van der Waals surface area contributed by atoms with Crippen molar-refractivity contribution < 1.29 is 33.6 Å². The molecule has 13 heteroatoms. The molecule has 2 aromatic heterocycles. The summed E-state index contributed by atoms with van der Waals surface area (Å²) in [5.41, 5.74) is 1.88. The Kier molecular flexibility index (Phi) is 9.08. The topological polar surface area (TPSA) is 168 Å². The number of ether oxygens (including phenoxy) is 4. The van der Waals surface area contributed by atoms with Crippen LogP contribution >= 0.6 is 0 Å². The summed E-state index contributed by atoms with van der Waals surface area (Å²) in [6.07, 6.45) is 5.29. The van der Waals surface area contributed by atoms with E-state index in [9.17, 15) is 19.5 Å². The van der Waals surface area contributed by atoms with Crippen LogP contribution in [0.2, 0.25) is 0 Å². The number of aromatic nitrogens is 3. The number of hydrogen-bond donors (Lipinski definition) is 4. The molecular formula is C34H39N5O8. The number of amides is 2. The Bertz CT molecular complexity index is 1810. The molecule has 13 nitrogen and oxygen atoms in total. The third-order valence-corrected chi connectivity index (χ3v) is 9.10. The van der Waals surface area contributed by atoms with Gasteiger partial charge in [-0.05, 0) is 61.9 Å². The predicted octanol–water partition coefficient (Wildman–Crippen LogP) is 4.36. The summed E-state index contributed by atoms with van der Waals surface area (Å²) >= 11 is 0. The summed E-state index contributed by atoms with van der Waals surface area (Å²) in [6, 6.07) is 8.16.